The molecule has 1 saturated heterocycles. The van der Waals surface area contributed by atoms with Crippen molar-refractivity contribution in [3.8, 4) is 17.1 Å². The van der Waals surface area contributed by atoms with Crippen LogP contribution in [0.25, 0.3) is 11.4 Å². The number of hydrogen-bond acceptors (Lipinski definition) is 6. The Hall–Kier alpha value is -2.93. The molecule has 1 fully saturated rings. The van der Waals surface area contributed by atoms with E-state index >= 15 is 0 Å². The second-order valence-corrected chi connectivity index (χ2v) is 6.72. The first-order valence-electron chi connectivity index (χ1n) is 8.65. The van der Waals surface area contributed by atoms with Gasteiger partial charge < -0.3 is 14.2 Å². The second kappa shape index (κ2) is 7.75. The summed E-state index contributed by atoms with van der Waals surface area (Å²) >= 11 is 6.01. The molecule has 4 rings (SSSR count). The molecule has 0 radical (unpaired) electrons. The highest BCUT2D eigenvalue weighted by molar-refractivity contribution is 6.30. The molecule has 138 valence electrons. The molecule has 0 aliphatic carbocycles. The third-order valence-corrected chi connectivity index (χ3v) is 4.70. The summed E-state index contributed by atoms with van der Waals surface area (Å²) in [6.45, 7) is 1.14. The molecule has 1 aromatic carbocycles. The number of pyridine rings is 1. The molecule has 0 bridgehead atoms. The largest absolute Gasteiger partial charge is 0.415 e. The molecule has 0 spiro atoms. The number of hydrogen-bond donors (Lipinski definition) is 0. The lowest BCUT2D eigenvalue weighted by molar-refractivity contribution is 0.135. The molecule has 27 heavy (non-hydrogen) atoms. The summed E-state index contributed by atoms with van der Waals surface area (Å²) in [7, 11) is 0. The van der Waals surface area contributed by atoms with Crippen molar-refractivity contribution in [3.63, 3.8) is 0 Å². The van der Waals surface area contributed by atoms with E-state index in [1.165, 1.54) is 6.20 Å². The Morgan fingerprint density at radius 3 is 2.81 bits per heavy atom. The van der Waals surface area contributed by atoms with Crippen LogP contribution in [0.2, 0.25) is 5.02 Å². The van der Waals surface area contributed by atoms with Crippen molar-refractivity contribution in [1.29, 1.82) is 0 Å². The van der Waals surface area contributed by atoms with Crippen LogP contribution in [0, 0.1) is 0 Å². The lowest BCUT2D eigenvalue weighted by Crippen LogP contribution is -2.39. The highest BCUT2D eigenvalue weighted by atomic mass is 35.5. The zero-order valence-corrected chi connectivity index (χ0v) is 15.2. The maximum atomic E-state index is 12.2. The van der Waals surface area contributed by atoms with Crippen LogP contribution in [0.5, 0.6) is 5.75 Å². The SMILES string of the molecule is O=C(Oc1cccnc1)N1CCC(c2nc(-c3cccc(Cl)c3)no2)CC1. The molecule has 1 aliphatic rings. The Kier molecular flexibility index (Phi) is 5.02. The van der Waals surface area contributed by atoms with Crippen LogP contribution in [0.15, 0.2) is 53.3 Å². The quantitative estimate of drug-likeness (QED) is 0.674. The zero-order valence-electron chi connectivity index (χ0n) is 14.4. The Balaban J connectivity index is 1.36. The molecular formula is C19H17ClN4O3. The predicted octanol–water partition coefficient (Wildman–Crippen LogP) is 4.16. The van der Waals surface area contributed by atoms with Crippen LogP contribution in [-0.4, -0.2) is 39.2 Å². The summed E-state index contributed by atoms with van der Waals surface area (Å²) in [5.74, 6) is 1.66. The van der Waals surface area contributed by atoms with Gasteiger partial charge in [-0.15, -0.1) is 0 Å². The number of likely N-dealkylation sites (tertiary alicyclic amines) is 1. The van der Waals surface area contributed by atoms with Gasteiger partial charge in [-0.2, -0.15) is 4.98 Å². The van der Waals surface area contributed by atoms with Crippen molar-refractivity contribution in [2.45, 2.75) is 18.8 Å². The molecule has 8 heteroatoms. The Labute approximate surface area is 160 Å². The number of amides is 1. The zero-order chi connectivity index (χ0) is 18.6. The topological polar surface area (TPSA) is 81.4 Å². The molecule has 1 amide bonds. The fourth-order valence-electron chi connectivity index (χ4n) is 3.03. The molecule has 0 N–H and O–H groups in total. The first-order valence-corrected chi connectivity index (χ1v) is 9.03. The maximum absolute atomic E-state index is 12.2. The average molecular weight is 385 g/mol. The molecule has 3 heterocycles. The minimum atomic E-state index is -0.369. The Morgan fingerprint density at radius 2 is 2.07 bits per heavy atom. The van der Waals surface area contributed by atoms with Gasteiger partial charge in [-0.25, -0.2) is 4.79 Å². The van der Waals surface area contributed by atoms with E-state index < -0.39 is 0 Å². The fourth-order valence-corrected chi connectivity index (χ4v) is 3.22. The normalized spacial score (nSPS) is 14.9. The standard InChI is InChI=1S/C19H17ClN4O3/c20-15-4-1-3-14(11-15)17-22-18(27-23-17)13-6-9-24(10-7-13)19(25)26-16-5-2-8-21-12-16/h1-5,8,11-13H,6-7,9-10H2. The summed E-state index contributed by atoms with van der Waals surface area (Å²) in [5, 5.41) is 4.68. The van der Waals surface area contributed by atoms with Gasteiger partial charge in [0.2, 0.25) is 11.7 Å². The molecular weight excluding hydrogens is 368 g/mol. The number of carbonyl (C=O) groups is 1. The van der Waals surface area contributed by atoms with Gasteiger partial charge in [0.15, 0.2) is 5.75 Å². The van der Waals surface area contributed by atoms with E-state index in [4.69, 9.17) is 20.9 Å². The molecule has 7 nitrogen and oxygen atoms in total. The molecule has 0 unspecified atom stereocenters. The predicted molar refractivity (Wildman–Crippen MR) is 98.6 cm³/mol. The van der Waals surface area contributed by atoms with Crippen molar-refractivity contribution >= 4 is 17.7 Å². The number of aromatic nitrogens is 3. The lowest BCUT2D eigenvalue weighted by atomic mass is 9.97. The van der Waals surface area contributed by atoms with Crippen LogP contribution >= 0.6 is 11.6 Å². The molecule has 3 aromatic rings. The third-order valence-electron chi connectivity index (χ3n) is 4.47. The fraction of sp³-hybridized carbons (Fsp3) is 0.263. The minimum absolute atomic E-state index is 0.118. The smallest absolute Gasteiger partial charge is 0.409 e. The summed E-state index contributed by atoms with van der Waals surface area (Å²) in [4.78, 5) is 22.4. The van der Waals surface area contributed by atoms with E-state index in [1.54, 1.807) is 35.4 Å². The average Bonchev–Trinajstić information content (AvgIpc) is 3.19. The molecule has 2 aromatic heterocycles. The summed E-state index contributed by atoms with van der Waals surface area (Å²) in [6, 6.07) is 10.8. The second-order valence-electron chi connectivity index (χ2n) is 6.28. The van der Waals surface area contributed by atoms with Gasteiger partial charge in [0.25, 0.3) is 0 Å². The van der Waals surface area contributed by atoms with Crippen molar-refractivity contribution in [3.05, 3.63) is 59.7 Å². The lowest BCUT2D eigenvalue weighted by Gasteiger charge is -2.29. The molecule has 1 aliphatic heterocycles. The van der Waals surface area contributed by atoms with Crippen molar-refractivity contribution < 1.29 is 14.1 Å². The maximum Gasteiger partial charge on any atom is 0.415 e. The Morgan fingerprint density at radius 1 is 1.22 bits per heavy atom. The van der Waals surface area contributed by atoms with Gasteiger partial charge in [-0.05, 0) is 37.1 Å². The van der Waals surface area contributed by atoms with E-state index in [0.29, 0.717) is 35.6 Å². The van der Waals surface area contributed by atoms with Crippen LogP contribution in [0.1, 0.15) is 24.7 Å². The van der Waals surface area contributed by atoms with Crippen LogP contribution < -0.4 is 4.74 Å². The monoisotopic (exact) mass is 384 g/mol. The number of rotatable bonds is 3. The van der Waals surface area contributed by atoms with E-state index in [-0.39, 0.29) is 12.0 Å². The van der Waals surface area contributed by atoms with E-state index in [2.05, 4.69) is 15.1 Å². The van der Waals surface area contributed by atoms with Crippen LogP contribution in [-0.2, 0) is 0 Å². The van der Waals surface area contributed by atoms with Crippen molar-refractivity contribution in [2.75, 3.05) is 13.1 Å². The first-order chi connectivity index (χ1) is 13.2. The number of benzene rings is 1. The highest BCUT2D eigenvalue weighted by Gasteiger charge is 2.28. The van der Waals surface area contributed by atoms with Gasteiger partial charge in [-0.1, -0.05) is 28.9 Å². The van der Waals surface area contributed by atoms with Crippen LogP contribution in [0.3, 0.4) is 0 Å². The first kappa shape index (κ1) is 17.5. The summed E-state index contributed by atoms with van der Waals surface area (Å²) < 4.78 is 10.8. The van der Waals surface area contributed by atoms with Gasteiger partial charge in [-0.3, -0.25) is 4.98 Å². The summed E-state index contributed by atoms with van der Waals surface area (Å²) in [5.41, 5.74) is 0.815. The van der Waals surface area contributed by atoms with Gasteiger partial charge in [0.05, 0.1) is 6.20 Å². The summed E-state index contributed by atoms with van der Waals surface area (Å²) in [6.07, 6.45) is 4.25. The van der Waals surface area contributed by atoms with Gasteiger partial charge >= 0.3 is 6.09 Å². The van der Waals surface area contributed by atoms with Crippen molar-refractivity contribution in [1.82, 2.24) is 20.0 Å². The number of piperidine rings is 1. The molecule has 0 saturated carbocycles. The highest BCUT2D eigenvalue weighted by Crippen LogP contribution is 2.29. The van der Waals surface area contributed by atoms with E-state index in [1.807, 2.05) is 12.1 Å². The van der Waals surface area contributed by atoms with Crippen molar-refractivity contribution in [2.24, 2.45) is 0 Å². The van der Waals surface area contributed by atoms with E-state index in [0.717, 1.165) is 18.4 Å². The number of carbonyl (C=O) groups excluding carboxylic acids is 1. The number of ether oxygens (including phenoxy) is 1. The van der Waals surface area contributed by atoms with Crippen LogP contribution in [0.4, 0.5) is 4.79 Å². The van der Waals surface area contributed by atoms with Gasteiger partial charge in [0.1, 0.15) is 0 Å². The number of nitrogens with zero attached hydrogens (tertiary/aromatic N) is 4. The van der Waals surface area contributed by atoms with Gasteiger partial charge in [0, 0.05) is 35.8 Å². The minimum Gasteiger partial charge on any atom is -0.409 e. The molecule has 0 atom stereocenters. The van der Waals surface area contributed by atoms with E-state index in [9.17, 15) is 4.79 Å². The number of halogens is 1. The Bertz CT molecular complexity index is 923. The third kappa shape index (κ3) is 4.09.